The van der Waals surface area contributed by atoms with Crippen LogP contribution >= 0.6 is 0 Å². The number of carbonyl (C=O) groups is 1. The van der Waals surface area contributed by atoms with Crippen LogP contribution in [0.25, 0.3) is 0 Å². The molecule has 1 saturated heterocycles. The van der Waals surface area contributed by atoms with Gasteiger partial charge < -0.3 is 20.1 Å². The van der Waals surface area contributed by atoms with Crippen molar-refractivity contribution in [1.29, 1.82) is 0 Å². The molecule has 5 nitrogen and oxygen atoms in total. The fourth-order valence-electron chi connectivity index (χ4n) is 3.05. The number of aliphatic hydroxyl groups is 1. The maximum atomic E-state index is 12.2. The Bertz CT molecular complexity index is 869. The highest BCUT2D eigenvalue weighted by Gasteiger charge is 2.33. The molecular weight excluding hydrogens is 340 g/mol. The normalized spacial score (nSPS) is 17.0. The van der Waals surface area contributed by atoms with E-state index in [1.165, 1.54) is 0 Å². The zero-order chi connectivity index (χ0) is 20.1. The number of hydrogen-bond acceptors (Lipinski definition) is 3. The second kappa shape index (κ2) is 8.61. The van der Waals surface area contributed by atoms with Crippen molar-refractivity contribution in [3.63, 3.8) is 0 Å². The first-order valence-electron chi connectivity index (χ1n) is 9.48. The van der Waals surface area contributed by atoms with Gasteiger partial charge in [-0.1, -0.05) is 24.0 Å². The van der Waals surface area contributed by atoms with Crippen LogP contribution in [0, 0.1) is 11.8 Å². The van der Waals surface area contributed by atoms with Crippen LogP contribution in [-0.2, 0) is 0 Å². The zero-order valence-corrected chi connectivity index (χ0v) is 15.6. The molecular formula is C22H24N2O3. The lowest BCUT2D eigenvalue weighted by Gasteiger charge is -2.27. The summed E-state index contributed by atoms with van der Waals surface area (Å²) in [6.45, 7) is 4.55. The van der Waals surface area contributed by atoms with Crippen LogP contribution in [0.2, 0.25) is 1.41 Å². The highest BCUT2D eigenvalue weighted by molar-refractivity contribution is 5.77. The number of aliphatic hydroxyl groups excluding tert-OH is 1. The lowest BCUT2D eigenvalue weighted by molar-refractivity contribution is 0.187. The summed E-state index contributed by atoms with van der Waals surface area (Å²) in [7, 11) is 0. The summed E-state index contributed by atoms with van der Waals surface area (Å²) in [5.74, 6) is 6.95. The maximum Gasteiger partial charge on any atom is 0.318 e. The molecule has 2 aromatic rings. The van der Waals surface area contributed by atoms with E-state index >= 15 is 0 Å². The monoisotopic (exact) mass is 365 g/mol. The van der Waals surface area contributed by atoms with Gasteiger partial charge in [-0.3, -0.25) is 0 Å². The number of benzene rings is 2. The largest absolute Gasteiger partial charge is 0.491 e. The molecule has 1 aliphatic rings. The molecule has 1 aliphatic heterocycles. The molecule has 0 spiro atoms. The quantitative estimate of drug-likeness (QED) is 0.801. The average Bonchev–Trinajstić information content (AvgIpc) is 3.01. The van der Waals surface area contributed by atoms with Gasteiger partial charge in [-0.2, -0.15) is 0 Å². The predicted octanol–water partition coefficient (Wildman–Crippen LogP) is 2.93. The van der Waals surface area contributed by atoms with Crippen molar-refractivity contribution in [1.82, 2.24) is 10.2 Å². The summed E-state index contributed by atoms with van der Waals surface area (Å²) in [5, 5.41) is 9.79. The van der Waals surface area contributed by atoms with E-state index in [0.717, 1.165) is 22.0 Å². The van der Waals surface area contributed by atoms with E-state index in [4.69, 9.17) is 11.3 Å². The number of urea groups is 1. The third-order valence-electron chi connectivity index (χ3n) is 4.37. The lowest BCUT2D eigenvalue weighted by Crippen LogP contribution is -2.35. The second-order valence-corrected chi connectivity index (χ2v) is 6.61. The number of hydrogen-bond donors (Lipinski definition) is 2. The summed E-state index contributed by atoms with van der Waals surface area (Å²) >= 11 is 0. The zero-order valence-electron chi connectivity index (χ0n) is 16.6. The third-order valence-corrected chi connectivity index (χ3v) is 4.37. The molecule has 2 N–H and O–H groups in total. The van der Waals surface area contributed by atoms with Gasteiger partial charge in [0, 0.05) is 23.7 Å². The average molecular weight is 365 g/mol. The van der Waals surface area contributed by atoms with Crippen molar-refractivity contribution in [3.05, 3.63) is 65.2 Å². The highest BCUT2D eigenvalue weighted by atomic mass is 16.5. The Hall–Kier alpha value is -2.97. The molecule has 2 amide bonds. The molecule has 1 fully saturated rings. The fourth-order valence-corrected chi connectivity index (χ4v) is 3.05. The molecule has 1 heterocycles. The van der Waals surface area contributed by atoms with Crippen molar-refractivity contribution in [2.75, 3.05) is 19.8 Å². The first-order chi connectivity index (χ1) is 13.5. The predicted molar refractivity (Wildman–Crippen MR) is 105 cm³/mol. The number of carbonyl (C=O) groups excluding carboxylic acids is 1. The van der Waals surface area contributed by atoms with Crippen LogP contribution in [0.15, 0.2) is 48.5 Å². The van der Waals surface area contributed by atoms with Crippen LogP contribution in [0.1, 0.15) is 36.6 Å². The summed E-state index contributed by atoms with van der Waals surface area (Å²) in [6, 6.07) is 14.9. The molecule has 27 heavy (non-hydrogen) atoms. The molecule has 0 radical (unpaired) electrons. The SMILES string of the molecule is [2H]N1CC(c2ccc(C#Cc3ccc(OCCO)cc3)cc2)N(C(C)C)C1=O. The smallest absolute Gasteiger partial charge is 0.318 e. The molecule has 0 aromatic heterocycles. The van der Waals surface area contributed by atoms with E-state index in [1.807, 2.05) is 62.4 Å². The topological polar surface area (TPSA) is 61.8 Å². The Morgan fingerprint density at radius 1 is 1.19 bits per heavy atom. The van der Waals surface area contributed by atoms with Crippen LogP contribution in [0.5, 0.6) is 5.75 Å². The van der Waals surface area contributed by atoms with Gasteiger partial charge in [-0.05, 0) is 55.8 Å². The van der Waals surface area contributed by atoms with Crippen molar-refractivity contribution >= 4 is 6.03 Å². The standard InChI is InChI=1S/C22H24N2O3/c1-16(2)24-21(15-23-22(24)26)19-9-5-17(6-10-19)3-4-18-7-11-20(12-8-18)27-14-13-25/h5-12,16,21,25H,13-15H2,1-2H3,(H,23,26)/i/hD. The molecule has 2 aromatic carbocycles. The Balaban J connectivity index is 1.70. The van der Waals surface area contributed by atoms with E-state index in [1.54, 1.807) is 4.90 Å². The van der Waals surface area contributed by atoms with Crippen molar-refractivity contribution in [2.24, 2.45) is 0 Å². The summed E-state index contributed by atoms with van der Waals surface area (Å²) in [4.78, 5) is 13.9. The molecule has 0 saturated carbocycles. The Morgan fingerprint density at radius 3 is 2.33 bits per heavy atom. The Labute approximate surface area is 161 Å². The van der Waals surface area contributed by atoms with Gasteiger partial charge in [0.2, 0.25) is 0 Å². The van der Waals surface area contributed by atoms with Crippen LogP contribution in [0.4, 0.5) is 4.79 Å². The summed E-state index contributed by atoms with van der Waals surface area (Å²) < 4.78 is 13.1. The molecule has 0 aliphatic carbocycles. The minimum atomic E-state index is -0.254. The first kappa shape index (κ1) is 17.4. The van der Waals surface area contributed by atoms with E-state index in [2.05, 4.69) is 11.8 Å². The Kier molecular flexibility index (Phi) is 5.56. The number of nitrogens with one attached hydrogen (secondary N) is 1. The first-order valence-corrected chi connectivity index (χ1v) is 9.04. The minimum Gasteiger partial charge on any atom is -0.491 e. The van der Waals surface area contributed by atoms with Gasteiger partial charge in [0.25, 0.3) is 0 Å². The fraction of sp³-hybridized carbons (Fsp3) is 0.318. The highest BCUT2D eigenvalue weighted by Crippen LogP contribution is 2.26. The summed E-state index contributed by atoms with van der Waals surface area (Å²) in [5.41, 5.74) is 2.76. The van der Waals surface area contributed by atoms with E-state index in [-0.39, 0.29) is 31.3 Å². The summed E-state index contributed by atoms with van der Waals surface area (Å²) in [6.07, 6.45) is 0. The van der Waals surface area contributed by atoms with Crippen molar-refractivity contribution in [3.8, 4) is 17.6 Å². The van der Waals surface area contributed by atoms with Gasteiger partial charge in [-0.15, -0.1) is 0 Å². The lowest BCUT2D eigenvalue weighted by atomic mass is 10.0. The minimum absolute atomic E-state index is 0.0126. The number of ether oxygens (including phenoxy) is 1. The van der Waals surface area contributed by atoms with Crippen LogP contribution in [0.3, 0.4) is 0 Å². The van der Waals surface area contributed by atoms with Crippen LogP contribution < -0.4 is 10.0 Å². The van der Waals surface area contributed by atoms with Gasteiger partial charge >= 0.3 is 6.03 Å². The molecule has 0 bridgehead atoms. The van der Waals surface area contributed by atoms with Crippen molar-refractivity contribution in [2.45, 2.75) is 25.9 Å². The van der Waals surface area contributed by atoms with Gasteiger partial charge in [0.15, 0.2) is 1.41 Å². The van der Waals surface area contributed by atoms with Gasteiger partial charge in [0.05, 0.1) is 12.6 Å². The number of nitrogens with zero attached hydrogens (tertiary/aromatic N) is 1. The van der Waals surface area contributed by atoms with Gasteiger partial charge in [-0.25, -0.2) is 4.79 Å². The Morgan fingerprint density at radius 2 is 1.78 bits per heavy atom. The molecule has 1 unspecified atom stereocenters. The maximum absolute atomic E-state index is 12.2. The van der Waals surface area contributed by atoms with E-state index in [0.29, 0.717) is 12.3 Å². The van der Waals surface area contributed by atoms with Crippen molar-refractivity contribution < 1.29 is 16.0 Å². The number of amides is 2. The van der Waals surface area contributed by atoms with Crippen LogP contribution in [-0.4, -0.2) is 41.8 Å². The third kappa shape index (κ3) is 4.60. The van der Waals surface area contributed by atoms with E-state index in [9.17, 15) is 4.79 Å². The van der Waals surface area contributed by atoms with Gasteiger partial charge in [0.1, 0.15) is 12.4 Å². The second-order valence-electron chi connectivity index (χ2n) is 6.61. The molecule has 140 valence electrons. The molecule has 1 atom stereocenters. The van der Waals surface area contributed by atoms with E-state index < -0.39 is 0 Å². The molecule has 3 rings (SSSR count). The molecule has 5 heteroatoms. The number of rotatable bonds is 5.